The summed E-state index contributed by atoms with van der Waals surface area (Å²) in [6.07, 6.45) is -0.736. The number of aliphatic hydroxyl groups excluding tert-OH is 1. The number of hydrogen-bond donors (Lipinski definition) is 2. The average molecular weight is 303 g/mol. The normalized spacial score (nSPS) is 12.0. The van der Waals surface area contributed by atoms with Crippen molar-refractivity contribution in [2.24, 2.45) is 0 Å². The van der Waals surface area contributed by atoms with Crippen molar-refractivity contribution in [1.29, 1.82) is 0 Å². The molecular formula is C17H18FNO3. The van der Waals surface area contributed by atoms with Crippen molar-refractivity contribution < 1.29 is 19.0 Å². The van der Waals surface area contributed by atoms with Crippen molar-refractivity contribution in [2.45, 2.75) is 6.10 Å². The predicted molar refractivity (Wildman–Crippen MR) is 82.1 cm³/mol. The molecule has 0 bridgehead atoms. The number of hydrogen-bond acceptors (Lipinski definition) is 3. The van der Waals surface area contributed by atoms with Crippen LogP contribution in [-0.4, -0.2) is 37.4 Å². The Bertz CT molecular complexity index is 628. The third kappa shape index (κ3) is 4.38. The second-order valence-electron chi connectivity index (χ2n) is 4.91. The number of nitrogens with one attached hydrogen (secondary N) is 1. The van der Waals surface area contributed by atoms with Crippen LogP contribution in [-0.2, 0) is 4.74 Å². The molecule has 2 N–H and O–H groups in total. The van der Waals surface area contributed by atoms with Crippen LogP contribution in [0.15, 0.2) is 48.5 Å². The molecule has 1 atom stereocenters. The molecule has 0 fully saturated rings. The quantitative estimate of drug-likeness (QED) is 0.860. The number of rotatable bonds is 6. The first kappa shape index (κ1) is 16.1. The highest BCUT2D eigenvalue weighted by atomic mass is 19.1. The molecule has 0 spiro atoms. The van der Waals surface area contributed by atoms with Crippen LogP contribution in [0.5, 0.6) is 0 Å². The third-order valence-electron chi connectivity index (χ3n) is 3.16. The van der Waals surface area contributed by atoms with Crippen molar-refractivity contribution in [1.82, 2.24) is 5.32 Å². The summed E-state index contributed by atoms with van der Waals surface area (Å²) < 4.78 is 18.0. The van der Waals surface area contributed by atoms with Gasteiger partial charge in [-0.2, -0.15) is 0 Å². The van der Waals surface area contributed by atoms with Crippen molar-refractivity contribution in [3.8, 4) is 11.1 Å². The van der Waals surface area contributed by atoms with Gasteiger partial charge in [-0.3, -0.25) is 4.79 Å². The number of carbonyl (C=O) groups excluding carboxylic acids is 1. The maximum atomic E-state index is 13.2. The Morgan fingerprint density at radius 3 is 2.59 bits per heavy atom. The van der Waals surface area contributed by atoms with E-state index < -0.39 is 6.10 Å². The molecule has 1 unspecified atom stereocenters. The lowest BCUT2D eigenvalue weighted by molar-refractivity contribution is 0.0610. The molecule has 0 aliphatic rings. The Kier molecular flexibility index (Phi) is 5.63. The molecule has 0 aliphatic carbocycles. The molecule has 0 saturated carbocycles. The van der Waals surface area contributed by atoms with Gasteiger partial charge in [0.05, 0.1) is 12.7 Å². The van der Waals surface area contributed by atoms with E-state index in [2.05, 4.69) is 5.32 Å². The molecule has 2 rings (SSSR count). The van der Waals surface area contributed by atoms with Gasteiger partial charge in [-0.05, 0) is 35.4 Å². The van der Waals surface area contributed by atoms with Gasteiger partial charge in [-0.25, -0.2) is 4.39 Å². The van der Waals surface area contributed by atoms with Crippen LogP contribution in [0.25, 0.3) is 11.1 Å². The summed E-state index contributed by atoms with van der Waals surface area (Å²) in [5, 5.41) is 12.1. The minimum atomic E-state index is -0.736. The van der Waals surface area contributed by atoms with E-state index in [-0.39, 0.29) is 24.9 Å². The summed E-state index contributed by atoms with van der Waals surface area (Å²) in [4.78, 5) is 11.9. The number of carbonyl (C=O) groups is 1. The molecule has 0 aromatic heterocycles. The zero-order valence-corrected chi connectivity index (χ0v) is 12.3. The molecule has 22 heavy (non-hydrogen) atoms. The number of ether oxygens (including phenoxy) is 1. The molecule has 2 aromatic carbocycles. The Morgan fingerprint density at radius 1 is 1.23 bits per heavy atom. The van der Waals surface area contributed by atoms with Crippen molar-refractivity contribution in [3.63, 3.8) is 0 Å². The Hall–Kier alpha value is -2.24. The second kappa shape index (κ2) is 7.68. The third-order valence-corrected chi connectivity index (χ3v) is 3.16. The van der Waals surface area contributed by atoms with E-state index in [0.717, 1.165) is 11.1 Å². The zero-order chi connectivity index (χ0) is 15.9. The molecule has 5 heteroatoms. The number of benzene rings is 2. The largest absolute Gasteiger partial charge is 0.389 e. The van der Waals surface area contributed by atoms with E-state index in [1.54, 1.807) is 36.4 Å². The first-order chi connectivity index (χ1) is 10.6. The van der Waals surface area contributed by atoms with Gasteiger partial charge >= 0.3 is 0 Å². The SMILES string of the molecule is COCC(O)CNC(=O)c1ccc(-c2cccc(F)c2)cc1. The van der Waals surface area contributed by atoms with E-state index in [4.69, 9.17) is 4.74 Å². The van der Waals surface area contributed by atoms with Gasteiger partial charge in [-0.1, -0.05) is 24.3 Å². The van der Waals surface area contributed by atoms with E-state index in [9.17, 15) is 14.3 Å². The highest BCUT2D eigenvalue weighted by Crippen LogP contribution is 2.20. The molecule has 116 valence electrons. The lowest BCUT2D eigenvalue weighted by Crippen LogP contribution is -2.34. The molecule has 2 aromatic rings. The minimum Gasteiger partial charge on any atom is -0.389 e. The molecule has 0 saturated heterocycles. The number of amides is 1. The Labute approximate surface area is 128 Å². The van der Waals surface area contributed by atoms with E-state index in [1.807, 2.05) is 0 Å². The maximum absolute atomic E-state index is 13.2. The first-order valence-corrected chi connectivity index (χ1v) is 6.91. The molecule has 0 heterocycles. The van der Waals surface area contributed by atoms with Crippen LogP contribution in [0.1, 0.15) is 10.4 Å². The van der Waals surface area contributed by atoms with Crippen LogP contribution < -0.4 is 5.32 Å². The summed E-state index contributed by atoms with van der Waals surface area (Å²) in [5.41, 5.74) is 2.06. The van der Waals surface area contributed by atoms with E-state index >= 15 is 0 Å². The van der Waals surface area contributed by atoms with Gasteiger partial charge in [0, 0.05) is 19.2 Å². The zero-order valence-electron chi connectivity index (χ0n) is 12.3. The van der Waals surface area contributed by atoms with Gasteiger partial charge in [0.1, 0.15) is 5.82 Å². The second-order valence-corrected chi connectivity index (χ2v) is 4.91. The number of aliphatic hydroxyl groups is 1. The van der Waals surface area contributed by atoms with Gasteiger partial charge in [-0.15, -0.1) is 0 Å². The van der Waals surface area contributed by atoms with Gasteiger partial charge in [0.15, 0.2) is 0 Å². The summed E-state index contributed by atoms with van der Waals surface area (Å²) >= 11 is 0. The molecule has 0 radical (unpaired) electrons. The summed E-state index contributed by atoms with van der Waals surface area (Å²) in [6, 6.07) is 13.1. The lowest BCUT2D eigenvalue weighted by Gasteiger charge is -2.11. The van der Waals surface area contributed by atoms with Crippen molar-refractivity contribution in [3.05, 3.63) is 59.9 Å². The van der Waals surface area contributed by atoms with Crippen LogP contribution in [0.2, 0.25) is 0 Å². The monoisotopic (exact) mass is 303 g/mol. The van der Waals surface area contributed by atoms with Crippen LogP contribution >= 0.6 is 0 Å². The predicted octanol–water partition coefficient (Wildman–Crippen LogP) is 2.23. The highest BCUT2D eigenvalue weighted by Gasteiger charge is 2.09. The fraction of sp³-hybridized carbons (Fsp3) is 0.235. The molecule has 4 nitrogen and oxygen atoms in total. The summed E-state index contributed by atoms with van der Waals surface area (Å²) in [7, 11) is 1.48. The topological polar surface area (TPSA) is 58.6 Å². The Balaban J connectivity index is 2.01. The van der Waals surface area contributed by atoms with Gasteiger partial charge < -0.3 is 15.2 Å². The molecule has 1 amide bonds. The van der Waals surface area contributed by atoms with Crippen molar-refractivity contribution in [2.75, 3.05) is 20.3 Å². The molecular weight excluding hydrogens is 285 g/mol. The van der Waals surface area contributed by atoms with Crippen LogP contribution in [0.4, 0.5) is 4.39 Å². The van der Waals surface area contributed by atoms with Crippen LogP contribution in [0, 0.1) is 5.82 Å². The fourth-order valence-electron chi connectivity index (χ4n) is 2.05. The summed E-state index contributed by atoms with van der Waals surface area (Å²) in [5.74, 6) is -0.576. The maximum Gasteiger partial charge on any atom is 0.251 e. The summed E-state index contributed by atoms with van der Waals surface area (Å²) in [6.45, 7) is 0.289. The highest BCUT2D eigenvalue weighted by molar-refractivity contribution is 5.94. The lowest BCUT2D eigenvalue weighted by atomic mass is 10.0. The van der Waals surface area contributed by atoms with Crippen LogP contribution in [0.3, 0.4) is 0 Å². The minimum absolute atomic E-state index is 0.123. The van der Waals surface area contributed by atoms with E-state index in [0.29, 0.717) is 5.56 Å². The van der Waals surface area contributed by atoms with Gasteiger partial charge in [0.25, 0.3) is 5.91 Å². The fourth-order valence-corrected chi connectivity index (χ4v) is 2.05. The smallest absolute Gasteiger partial charge is 0.251 e. The first-order valence-electron chi connectivity index (χ1n) is 6.91. The number of halogens is 1. The van der Waals surface area contributed by atoms with Crippen molar-refractivity contribution >= 4 is 5.91 Å². The molecule has 0 aliphatic heterocycles. The average Bonchev–Trinajstić information content (AvgIpc) is 2.53. The Morgan fingerprint density at radius 2 is 1.95 bits per heavy atom. The van der Waals surface area contributed by atoms with E-state index in [1.165, 1.54) is 19.2 Å². The number of methoxy groups -OCH3 is 1. The van der Waals surface area contributed by atoms with Gasteiger partial charge in [0.2, 0.25) is 0 Å². The standard InChI is InChI=1S/C17H18FNO3/c1-22-11-16(20)10-19-17(21)13-7-5-12(6-8-13)14-3-2-4-15(18)9-14/h2-9,16,20H,10-11H2,1H3,(H,19,21).